The standard InChI is InChI=1S/C13H14N4/c1-7-6-9-10(15-8(7)2)4-5-11-12(9)16-13(14)17(11)3/h4-6H,1-3H3,(H2,14,16). The summed E-state index contributed by atoms with van der Waals surface area (Å²) in [6, 6.07) is 6.17. The van der Waals surface area contributed by atoms with E-state index in [1.54, 1.807) is 0 Å². The molecule has 0 saturated heterocycles. The number of anilines is 1. The van der Waals surface area contributed by atoms with E-state index >= 15 is 0 Å². The summed E-state index contributed by atoms with van der Waals surface area (Å²) in [6.07, 6.45) is 0. The van der Waals surface area contributed by atoms with Crippen molar-refractivity contribution in [2.45, 2.75) is 13.8 Å². The molecule has 3 aromatic rings. The van der Waals surface area contributed by atoms with E-state index in [0.717, 1.165) is 27.6 Å². The molecule has 2 N–H and O–H groups in total. The molecule has 0 radical (unpaired) electrons. The second-order valence-corrected chi connectivity index (χ2v) is 4.42. The Labute approximate surface area is 99.1 Å². The van der Waals surface area contributed by atoms with Crippen molar-refractivity contribution in [3.63, 3.8) is 0 Å². The summed E-state index contributed by atoms with van der Waals surface area (Å²) in [4.78, 5) is 8.99. The van der Waals surface area contributed by atoms with E-state index in [0.29, 0.717) is 5.95 Å². The molecular weight excluding hydrogens is 212 g/mol. The molecule has 0 saturated carbocycles. The van der Waals surface area contributed by atoms with Gasteiger partial charge in [-0.15, -0.1) is 0 Å². The quantitative estimate of drug-likeness (QED) is 0.640. The fourth-order valence-corrected chi connectivity index (χ4v) is 2.12. The van der Waals surface area contributed by atoms with Gasteiger partial charge in [0.2, 0.25) is 5.95 Å². The summed E-state index contributed by atoms with van der Waals surface area (Å²) in [5.74, 6) is 0.533. The Kier molecular flexibility index (Phi) is 1.90. The molecule has 4 heteroatoms. The summed E-state index contributed by atoms with van der Waals surface area (Å²) in [7, 11) is 1.92. The Morgan fingerprint density at radius 1 is 1.18 bits per heavy atom. The van der Waals surface area contributed by atoms with Crippen LogP contribution in [0.5, 0.6) is 0 Å². The number of aryl methyl sites for hydroxylation is 3. The lowest BCUT2D eigenvalue weighted by Gasteiger charge is -2.04. The number of nitrogens with zero attached hydrogens (tertiary/aromatic N) is 3. The zero-order chi connectivity index (χ0) is 12.2. The first-order chi connectivity index (χ1) is 8.08. The van der Waals surface area contributed by atoms with Crippen LogP contribution in [0, 0.1) is 13.8 Å². The maximum absolute atomic E-state index is 5.84. The van der Waals surface area contributed by atoms with Crippen molar-refractivity contribution < 1.29 is 0 Å². The van der Waals surface area contributed by atoms with Crippen LogP contribution in [-0.2, 0) is 7.05 Å². The lowest BCUT2D eigenvalue weighted by atomic mass is 10.1. The van der Waals surface area contributed by atoms with Crippen LogP contribution in [0.4, 0.5) is 5.95 Å². The van der Waals surface area contributed by atoms with E-state index in [4.69, 9.17) is 5.73 Å². The lowest BCUT2D eigenvalue weighted by Crippen LogP contribution is -1.95. The Hall–Kier alpha value is -2.10. The summed E-state index contributed by atoms with van der Waals surface area (Å²) in [6.45, 7) is 4.08. The second-order valence-electron chi connectivity index (χ2n) is 4.42. The van der Waals surface area contributed by atoms with Gasteiger partial charge in [0.05, 0.1) is 11.0 Å². The highest BCUT2D eigenvalue weighted by atomic mass is 15.1. The number of pyridine rings is 1. The molecule has 4 nitrogen and oxygen atoms in total. The molecule has 3 rings (SSSR count). The van der Waals surface area contributed by atoms with Crippen LogP contribution in [-0.4, -0.2) is 14.5 Å². The molecule has 86 valence electrons. The summed E-state index contributed by atoms with van der Waals surface area (Å²) in [5.41, 5.74) is 11.0. The summed E-state index contributed by atoms with van der Waals surface area (Å²) >= 11 is 0. The fourth-order valence-electron chi connectivity index (χ4n) is 2.12. The molecule has 0 fully saturated rings. The zero-order valence-electron chi connectivity index (χ0n) is 10.2. The molecule has 0 spiro atoms. The maximum atomic E-state index is 5.84. The minimum absolute atomic E-state index is 0.533. The van der Waals surface area contributed by atoms with E-state index in [1.807, 2.05) is 30.7 Å². The van der Waals surface area contributed by atoms with Crippen LogP contribution in [0.15, 0.2) is 18.2 Å². The van der Waals surface area contributed by atoms with Crippen LogP contribution in [0.25, 0.3) is 21.9 Å². The number of fused-ring (bicyclic) bond motifs is 3. The number of aromatic nitrogens is 3. The maximum Gasteiger partial charge on any atom is 0.200 e. The van der Waals surface area contributed by atoms with Gasteiger partial charge < -0.3 is 10.3 Å². The topological polar surface area (TPSA) is 56.7 Å². The van der Waals surface area contributed by atoms with Crippen LogP contribution < -0.4 is 5.73 Å². The van der Waals surface area contributed by atoms with Crippen molar-refractivity contribution in [3.05, 3.63) is 29.5 Å². The largest absolute Gasteiger partial charge is 0.369 e. The molecule has 0 aliphatic carbocycles. The lowest BCUT2D eigenvalue weighted by molar-refractivity contribution is 0.965. The van der Waals surface area contributed by atoms with Gasteiger partial charge in [-0.3, -0.25) is 4.98 Å². The van der Waals surface area contributed by atoms with Gasteiger partial charge in [0.15, 0.2) is 0 Å². The molecule has 0 amide bonds. The molecule has 0 bridgehead atoms. The monoisotopic (exact) mass is 226 g/mol. The molecule has 0 unspecified atom stereocenters. The molecule has 1 aromatic carbocycles. The van der Waals surface area contributed by atoms with E-state index in [-0.39, 0.29) is 0 Å². The minimum atomic E-state index is 0.533. The molecule has 0 atom stereocenters. The third-order valence-corrected chi connectivity index (χ3v) is 3.32. The van der Waals surface area contributed by atoms with Crippen molar-refractivity contribution in [2.24, 2.45) is 7.05 Å². The van der Waals surface area contributed by atoms with Gasteiger partial charge in [-0.1, -0.05) is 0 Å². The number of rotatable bonds is 0. The third-order valence-electron chi connectivity index (χ3n) is 3.32. The number of benzene rings is 1. The first-order valence-electron chi connectivity index (χ1n) is 5.57. The van der Waals surface area contributed by atoms with Crippen LogP contribution in [0.1, 0.15) is 11.3 Å². The number of nitrogens with two attached hydrogens (primary N) is 1. The normalized spacial score (nSPS) is 11.5. The van der Waals surface area contributed by atoms with E-state index < -0.39 is 0 Å². The van der Waals surface area contributed by atoms with Crippen LogP contribution in [0.2, 0.25) is 0 Å². The van der Waals surface area contributed by atoms with E-state index in [2.05, 4.69) is 23.0 Å². The smallest absolute Gasteiger partial charge is 0.200 e. The van der Waals surface area contributed by atoms with Gasteiger partial charge in [-0.05, 0) is 37.6 Å². The molecule has 17 heavy (non-hydrogen) atoms. The van der Waals surface area contributed by atoms with Gasteiger partial charge in [-0.25, -0.2) is 4.98 Å². The summed E-state index contributed by atoms with van der Waals surface area (Å²) < 4.78 is 1.89. The average Bonchev–Trinajstić information content (AvgIpc) is 2.58. The fraction of sp³-hybridized carbons (Fsp3) is 0.231. The summed E-state index contributed by atoms with van der Waals surface area (Å²) in [5, 5.41) is 1.07. The number of nitrogen functional groups attached to an aromatic ring is 1. The molecule has 0 aliphatic rings. The SMILES string of the molecule is Cc1cc2c(ccc3c2nc(N)n3C)nc1C. The first-order valence-corrected chi connectivity index (χ1v) is 5.57. The Balaban J connectivity index is 2.55. The van der Waals surface area contributed by atoms with Gasteiger partial charge in [-0.2, -0.15) is 0 Å². The van der Waals surface area contributed by atoms with Gasteiger partial charge in [0.1, 0.15) is 5.52 Å². The van der Waals surface area contributed by atoms with Crippen molar-refractivity contribution in [1.82, 2.24) is 14.5 Å². The van der Waals surface area contributed by atoms with Crippen LogP contribution >= 0.6 is 0 Å². The van der Waals surface area contributed by atoms with Gasteiger partial charge in [0.25, 0.3) is 0 Å². The number of hydrogen-bond acceptors (Lipinski definition) is 3. The number of hydrogen-bond donors (Lipinski definition) is 1. The van der Waals surface area contributed by atoms with Crippen molar-refractivity contribution in [1.29, 1.82) is 0 Å². The zero-order valence-corrected chi connectivity index (χ0v) is 10.2. The van der Waals surface area contributed by atoms with Crippen LogP contribution in [0.3, 0.4) is 0 Å². The molecular formula is C13H14N4. The average molecular weight is 226 g/mol. The van der Waals surface area contributed by atoms with E-state index in [9.17, 15) is 0 Å². The predicted octanol–water partition coefficient (Wildman–Crippen LogP) is 2.32. The highest BCUT2D eigenvalue weighted by Gasteiger charge is 2.10. The number of imidazole rings is 1. The van der Waals surface area contributed by atoms with Gasteiger partial charge >= 0.3 is 0 Å². The minimum Gasteiger partial charge on any atom is -0.369 e. The Bertz CT molecular complexity index is 740. The van der Waals surface area contributed by atoms with Crippen molar-refractivity contribution >= 4 is 27.9 Å². The second kappa shape index (κ2) is 3.20. The predicted molar refractivity (Wildman–Crippen MR) is 69.9 cm³/mol. The highest BCUT2D eigenvalue weighted by molar-refractivity contribution is 6.03. The molecule has 2 heterocycles. The molecule has 0 aliphatic heterocycles. The van der Waals surface area contributed by atoms with Crippen molar-refractivity contribution in [3.8, 4) is 0 Å². The van der Waals surface area contributed by atoms with Gasteiger partial charge in [0, 0.05) is 18.1 Å². The molecule has 2 aromatic heterocycles. The highest BCUT2D eigenvalue weighted by Crippen LogP contribution is 2.26. The Morgan fingerprint density at radius 3 is 2.71 bits per heavy atom. The van der Waals surface area contributed by atoms with E-state index in [1.165, 1.54) is 5.56 Å². The first kappa shape index (κ1) is 10.1. The third kappa shape index (κ3) is 1.30. The van der Waals surface area contributed by atoms with Crippen molar-refractivity contribution in [2.75, 3.05) is 5.73 Å². The Morgan fingerprint density at radius 2 is 1.94 bits per heavy atom.